The first-order valence-electron chi connectivity index (χ1n) is 10.5. The maximum atomic E-state index is 4.80. The van der Waals surface area contributed by atoms with Crippen molar-refractivity contribution in [3.8, 4) is 5.69 Å². The van der Waals surface area contributed by atoms with Crippen LogP contribution in [0.5, 0.6) is 0 Å². The van der Waals surface area contributed by atoms with E-state index in [0.29, 0.717) is 0 Å². The van der Waals surface area contributed by atoms with Crippen molar-refractivity contribution in [2.24, 2.45) is 4.99 Å². The Balaban J connectivity index is 0.00000300. The van der Waals surface area contributed by atoms with Gasteiger partial charge in [-0.1, -0.05) is 25.0 Å². The van der Waals surface area contributed by atoms with Gasteiger partial charge in [0.1, 0.15) is 0 Å². The Labute approximate surface area is 192 Å². The van der Waals surface area contributed by atoms with Gasteiger partial charge in [-0.15, -0.1) is 24.0 Å². The number of guanidine groups is 1. The average Bonchev–Trinajstić information content (AvgIpc) is 3.42. The highest BCUT2D eigenvalue weighted by Crippen LogP contribution is 2.22. The van der Waals surface area contributed by atoms with Crippen molar-refractivity contribution in [1.29, 1.82) is 0 Å². The van der Waals surface area contributed by atoms with Gasteiger partial charge in [0.25, 0.3) is 0 Å². The molecule has 1 aliphatic rings. The quantitative estimate of drug-likeness (QED) is 0.321. The first-order chi connectivity index (χ1) is 13.7. The van der Waals surface area contributed by atoms with Gasteiger partial charge in [-0.2, -0.15) is 5.10 Å². The minimum absolute atomic E-state index is 0. The lowest BCUT2D eigenvalue weighted by Crippen LogP contribution is -2.39. The summed E-state index contributed by atoms with van der Waals surface area (Å²) in [7, 11) is 2.23. The van der Waals surface area contributed by atoms with Crippen molar-refractivity contribution in [2.75, 3.05) is 26.7 Å². The second-order valence-electron chi connectivity index (χ2n) is 7.59. The summed E-state index contributed by atoms with van der Waals surface area (Å²) in [6.45, 7) is 6.93. The number of nitrogens with one attached hydrogen (secondary N) is 2. The van der Waals surface area contributed by atoms with E-state index in [1.807, 2.05) is 16.9 Å². The molecule has 7 heteroatoms. The van der Waals surface area contributed by atoms with E-state index in [4.69, 9.17) is 4.99 Å². The predicted molar refractivity (Wildman–Crippen MR) is 131 cm³/mol. The summed E-state index contributed by atoms with van der Waals surface area (Å²) >= 11 is 0. The molecule has 0 radical (unpaired) electrons. The Morgan fingerprint density at radius 2 is 2.10 bits per heavy atom. The van der Waals surface area contributed by atoms with E-state index in [0.717, 1.165) is 37.3 Å². The van der Waals surface area contributed by atoms with Crippen LogP contribution in [0.2, 0.25) is 0 Å². The van der Waals surface area contributed by atoms with Crippen molar-refractivity contribution < 1.29 is 0 Å². The molecule has 1 aromatic heterocycles. The molecule has 1 heterocycles. The molecule has 1 saturated carbocycles. The van der Waals surface area contributed by atoms with Gasteiger partial charge in [0, 0.05) is 31.5 Å². The smallest absolute Gasteiger partial charge is 0.191 e. The van der Waals surface area contributed by atoms with Crippen molar-refractivity contribution in [2.45, 2.75) is 51.6 Å². The fourth-order valence-electron chi connectivity index (χ4n) is 3.81. The molecule has 1 aliphatic carbocycles. The standard InChI is InChI=1S/C22H34N6.HI/c1-4-23-22(24-14-16-27(3)20-10-5-6-11-20)26-18(2)19-9-7-12-21(17-19)28-15-8-13-25-28;/h7-9,12-13,15,17-18,20H,4-6,10-11,14,16H2,1-3H3,(H2,23,24,26);1H. The van der Waals surface area contributed by atoms with Crippen LogP contribution in [-0.2, 0) is 0 Å². The fraction of sp³-hybridized carbons (Fsp3) is 0.545. The van der Waals surface area contributed by atoms with Crippen LogP contribution in [0.15, 0.2) is 47.7 Å². The third-order valence-corrected chi connectivity index (χ3v) is 5.51. The lowest BCUT2D eigenvalue weighted by atomic mass is 10.1. The topological polar surface area (TPSA) is 57.5 Å². The highest BCUT2D eigenvalue weighted by atomic mass is 127. The van der Waals surface area contributed by atoms with Crippen LogP contribution < -0.4 is 10.6 Å². The second-order valence-corrected chi connectivity index (χ2v) is 7.59. The number of hydrogen-bond donors (Lipinski definition) is 2. The van der Waals surface area contributed by atoms with E-state index in [-0.39, 0.29) is 30.0 Å². The summed E-state index contributed by atoms with van der Waals surface area (Å²) in [5.41, 5.74) is 2.28. The van der Waals surface area contributed by atoms with Crippen LogP contribution in [0.25, 0.3) is 5.69 Å². The van der Waals surface area contributed by atoms with Crippen LogP contribution >= 0.6 is 24.0 Å². The second kappa shape index (κ2) is 12.2. The summed E-state index contributed by atoms with van der Waals surface area (Å²) in [4.78, 5) is 7.27. The number of aromatic nitrogens is 2. The molecule has 1 fully saturated rings. The molecule has 0 bridgehead atoms. The number of hydrogen-bond acceptors (Lipinski definition) is 3. The zero-order valence-corrected chi connectivity index (χ0v) is 20.2. The van der Waals surface area contributed by atoms with E-state index < -0.39 is 0 Å². The first kappa shape index (κ1) is 23.7. The van der Waals surface area contributed by atoms with Crippen LogP contribution in [0, 0.1) is 0 Å². The van der Waals surface area contributed by atoms with Gasteiger partial charge in [0.05, 0.1) is 18.3 Å². The molecule has 2 N–H and O–H groups in total. The lowest BCUT2D eigenvalue weighted by Gasteiger charge is -2.23. The van der Waals surface area contributed by atoms with Gasteiger partial charge in [0.15, 0.2) is 5.96 Å². The Hall–Kier alpha value is -1.61. The van der Waals surface area contributed by atoms with Crippen molar-refractivity contribution in [3.05, 3.63) is 48.3 Å². The fourth-order valence-corrected chi connectivity index (χ4v) is 3.81. The van der Waals surface area contributed by atoms with E-state index in [1.165, 1.54) is 31.2 Å². The number of halogens is 1. The molecule has 0 aliphatic heterocycles. The number of likely N-dealkylation sites (N-methyl/N-ethyl adjacent to an activating group) is 1. The maximum absolute atomic E-state index is 4.80. The van der Waals surface area contributed by atoms with E-state index in [2.05, 4.69) is 65.8 Å². The Bertz CT molecular complexity index is 740. The normalized spacial score (nSPS) is 15.9. The third-order valence-electron chi connectivity index (χ3n) is 5.51. The van der Waals surface area contributed by atoms with Crippen LogP contribution in [-0.4, -0.2) is 53.4 Å². The molecule has 2 aromatic rings. The summed E-state index contributed by atoms with van der Waals surface area (Å²) in [6.07, 6.45) is 9.18. The first-order valence-corrected chi connectivity index (χ1v) is 10.5. The average molecular weight is 510 g/mol. The molecule has 0 amide bonds. The number of rotatable bonds is 8. The molecule has 0 saturated heterocycles. The van der Waals surface area contributed by atoms with Crippen LogP contribution in [0.4, 0.5) is 0 Å². The predicted octanol–water partition coefficient (Wildman–Crippen LogP) is 3.98. The minimum Gasteiger partial charge on any atom is -0.357 e. The largest absolute Gasteiger partial charge is 0.357 e. The van der Waals surface area contributed by atoms with Crippen molar-refractivity contribution in [1.82, 2.24) is 25.3 Å². The summed E-state index contributed by atoms with van der Waals surface area (Å²) < 4.78 is 1.88. The lowest BCUT2D eigenvalue weighted by molar-refractivity contribution is 0.252. The number of aliphatic imine (C=N–C) groups is 1. The van der Waals surface area contributed by atoms with Crippen LogP contribution in [0.3, 0.4) is 0 Å². The molecule has 0 spiro atoms. The minimum atomic E-state index is 0. The van der Waals surface area contributed by atoms with Gasteiger partial charge in [-0.05, 0) is 57.5 Å². The molecule has 160 valence electrons. The van der Waals surface area contributed by atoms with Crippen molar-refractivity contribution >= 4 is 29.9 Å². The molecule has 1 unspecified atom stereocenters. The molecule has 1 atom stereocenters. The molecular formula is C22H35IN6. The molecule has 3 rings (SSSR count). The van der Waals surface area contributed by atoms with Gasteiger partial charge < -0.3 is 15.5 Å². The zero-order valence-electron chi connectivity index (χ0n) is 17.8. The Morgan fingerprint density at radius 1 is 1.31 bits per heavy atom. The monoisotopic (exact) mass is 510 g/mol. The van der Waals surface area contributed by atoms with E-state index >= 15 is 0 Å². The highest BCUT2D eigenvalue weighted by Gasteiger charge is 2.18. The molecule has 29 heavy (non-hydrogen) atoms. The SMILES string of the molecule is CCNC(=NCCN(C)C1CCCC1)NC(C)c1cccc(-n2cccn2)c1.I. The summed E-state index contributed by atoms with van der Waals surface area (Å²) in [5.74, 6) is 0.874. The molecular weight excluding hydrogens is 475 g/mol. The van der Waals surface area contributed by atoms with E-state index in [9.17, 15) is 0 Å². The van der Waals surface area contributed by atoms with E-state index in [1.54, 1.807) is 6.20 Å². The van der Waals surface area contributed by atoms with Crippen LogP contribution in [0.1, 0.15) is 51.1 Å². The number of benzene rings is 1. The molecule has 6 nitrogen and oxygen atoms in total. The zero-order chi connectivity index (χ0) is 19.8. The summed E-state index contributed by atoms with van der Waals surface area (Å²) in [5, 5.41) is 11.2. The van der Waals surface area contributed by atoms with Gasteiger partial charge in [0.2, 0.25) is 0 Å². The Morgan fingerprint density at radius 3 is 2.79 bits per heavy atom. The van der Waals surface area contributed by atoms with Gasteiger partial charge in [-0.3, -0.25) is 4.99 Å². The Kier molecular flexibility index (Phi) is 9.93. The van der Waals surface area contributed by atoms with Crippen molar-refractivity contribution in [3.63, 3.8) is 0 Å². The number of nitrogens with zero attached hydrogens (tertiary/aromatic N) is 4. The third kappa shape index (κ3) is 6.99. The summed E-state index contributed by atoms with van der Waals surface area (Å²) in [6, 6.07) is 11.3. The van der Waals surface area contributed by atoms with Gasteiger partial charge in [-0.25, -0.2) is 4.68 Å². The maximum Gasteiger partial charge on any atom is 0.191 e. The highest BCUT2D eigenvalue weighted by molar-refractivity contribution is 14.0. The molecule has 1 aromatic carbocycles. The van der Waals surface area contributed by atoms with Gasteiger partial charge >= 0.3 is 0 Å².